The fraction of sp³-hybridized carbons (Fsp3) is 1.00. The molecule has 0 aromatic heterocycles. The molecule has 1 aliphatic heterocycles. The van der Waals surface area contributed by atoms with Crippen LogP contribution in [0.15, 0.2) is 0 Å². The van der Waals surface area contributed by atoms with Crippen LogP contribution in [0, 0.1) is 11.8 Å². The van der Waals surface area contributed by atoms with Gasteiger partial charge in [-0.25, -0.2) is 0 Å². The summed E-state index contributed by atoms with van der Waals surface area (Å²) in [5, 5.41) is 4.04. The van der Waals surface area contributed by atoms with Gasteiger partial charge in [0.05, 0.1) is 0 Å². The molecular formula is C19H34N2. The van der Waals surface area contributed by atoms with E-state index in [1.165, 1.54) is 96.7 Å². The molecule has 1 spiro atoms. The van der Waals surface area contributed by atoms with E-state index in [-0.39, 0.29) is 0 Å². The predicted molar refractivity (Wildman–Crippen MR) is 88.5 cm³/mol. The van der Waals surface area contributed by atoms with Gasteiger partial charge in [0, 0.05) is 31.2 Å². The topological polar surface area (TPSA) is 15.3 Å². The van der Waals surface area contributed by atoms with Crippen molar-refractivity contribution in [3.05, 3.63) is 0 Å². The number of nitrogens with one attached hydrogen (secondary N) is 1. The fourth-order valence-corrected chi connectivity index (χ4v) is 5.59. The van der Waals surface area contributed by atoms with Gasteiger partial charge in [0.25, 0.3) is 0 Å². The summed E-state index contributed by atoms with van der Waals surface area (Å²) in [6.45, 7) is 4.08. The second kappa shape index (κ2) is 6.20. The SMILES string of the molecule is C1CCC(C2CNC3(CCCC3)CN2CC2CCC2)CC1. The molecule has 120 valence electrons. The molecule has 1 atom stereocenters. The lowest BCUT2D eigenvalue weighted by atomic mass is 9.78. The monoisotopic (exact) mass is 290 g/mol. The van der Waals surface area contributed by atoms with E-state index in [1.807, 2.05) is 0 Å². The van der Waals surface area contributed by atoms with Crippen molar-refractivity contribution in [2.75, 3.05) is 19.6 Å². The van der Waals surface area contributed by atoms with E-state index >= 15 is 0 Å². The largest absolute Gasteiger partial charge is 0.308 e. The minimum atomic E-state index is 0.509. The standard InChI is InChI=1S/C19H34N2/c1-2-9-17(10-3-1)18-13-20-19(11-4-5-12-19)15-21(18)14-16-7-6-8-16/h16-18,20H,1-15H2. The molecule has 0 radical (unpaired) electrons. The van der Waals surface area contributed by atoms with Crippen LogP contribution in [0.3, 0.4) is 0 Å². The Hall–Kier alpha value is -0.0800. The van der Waals surface area contributed by atoms with Crippen LogP contribution in [0.1, 0.15) is 77.0 Å². The molecule has 2 heteroatoms. The summed E-state index contributed by atoms with van der Waals surface area (Å²) >= 11 is 0. The zero-order chi connectivity index (χ0) is 14.1. The Morgan fingerprint density at radius 2 is 1.62 bits per heavy atom. The third kappa shape index (κ3) is 3.03. The zero-order valence-electron chi connectivity index (χ0n) is 13.8. The van der Waals surface area contributed by atoms with Gasteiger partial charge in [0.2, 0.25) is 0 Å². The molecule has 1 heterocycles. The highest BCUT2D eigenvalue weighted by Crippen LogP contribution is 2.38. The van der Waals surface area contributed by atoms with Gasteiger partial charge < -0.3 is 5.32 Å². The second-order valence-electron chi connectivity index (χ2n) is 8.56. The van der Waals surface area contributed by atoms with Crippen molar-refractivity contribution in [2.24, 2.45) is 11.8 Å². The first-order valence-electron chi connectivity index (χ1n) is 9.84. The van der Waals surface area contributed by atoms with E-state index in [0.717, 1.165) is 17.9 Å². The van der Waals surface area contributed by atoms with Crippen LogP contribution in [-0.2, 0) is 0 Å². The van der Waals surface area contributed by atoms with E-state index < -0.39 is 0 Å². The number of nitrogens with zero attached hydrogens (tertiary/aromatic N) is 1. The van der Waals surface area contributed by atoms with Crippen LogP contribution in [0.4, 0.5) is 0 Å². The maximum atomic E-state index is 4.04. The molecule has 0 bridgehead atoms. The normalized spacial score (nSPS) is 35.1. The summed E-state index contributed by atoms with van der Waals surface area (Å²) in [4.78, 5) is 2.97. The molecule has 3 aliphatic carbocycles. The Balaban J connectivity index is 1.45. The Morgan fingerprint density at radius 3 is 2.29 bits per heavy atom. The van der Waals surface area contributed by atoms with Gasteiger partial charge in [-0.3, -0.25) is 4.90 Å². The number of hydrogen-bond acceptors (Lipinski definition) is 2. The third-order valence-electron chi connectivity index (χ3n) is 7.13. The van der Waals surface area contributed by atoms with Crippen LogP contribution >= 0.6 is 0 Å². The van der Waals surface area contributed by atoms with E-state index in [0.29, 0.717) is 5.54 Å². The van der Waals surface area contributed by atoms with Crippen molar-refractivity contribution in [2.45, 2.75) is 88.6 Å². The van der Waals surface area contributed by atoms with Gasteiger partial charge >= 0.3 is 0 Å². The second-order valence-corrected chi connectivity index (χ2v) is 8.56. The number of rotatable bonds is 3. The molecule has 4 rings (SSSR count). The third-order valence-corrected chi connectivity index (χ3v) is 7.13. The lowest BCUT2D eigenvalue weighted by Gasteiger charge is -2.51. The quantitative estimate of drug-likeness (QED) is 0.846. The van der Waals surface area contributed by atoms with Crippen molar-refractivity contribution >= 4 is 0 Å². The molecule has 1 saturated heterocycles. The molecule has 3 saturated carbocycles. The van der Waals surface area contributed by atoms with Crippen molar-refractivity contribution in [3.63, 3.8) is 0 Å². The van der Waals surface area contributed by atoms with Crippen molar-refractivity contribution < 1.29 is 0 Å². The molecular weight excluding hydrogens is 256 g/mol. The van der Waals surface area contributed by atoms with Crippen molar-refractivity contribution in [1.82, 2.24) is 10.2 Å². The van der Waals surface area contributed by atoms with Crippen LogP contribution in [-0.4, -0.2) is 36.1 Å². The van der Waals surface area contributed by atoms with E-state index in [9.17, 15) is 0 Å². The summed E-state index contributed by atoms with van der Waals surface area (Å²) in [5.74, 6) is 2.03. The van der Waals surface area contributed by atoms with E-state index in [4.69, 9.17) is 0 Å². The average Bonchev–Trinajstić information content (AvgIpc) is 2.92. The first kappa shape index (κ1) is 14.5. The van der Waals surface area contributed by atoms with Gasteiger partial charge in [-0.05, 0) is 50.4 Å². The molecule has 1 unspecified atom stereocenters. The maximum absolute atomic E-state index is 4.04. The number of piperazine rings is 1. The van der Waals surface area contributed by atoms with Gasteiger partial charge in [-0.15, -0.1) is 0 Å². The Kier molecular flexibility index (Phi) is 4.28. The fourth-order valence-electron chi connectivity index (χ4n) is 5.59. The summed E-state index contributed by atoms with van der Waals surface area (Å²) in [7, 11) is 0. The zero-order valence-corrected chi connectivity index (χ0v) is 13.8. The van der Waals surface area contributed by atoms with Gasteiger partial charge in [0.1, 0.15) is 0 Å². The first-order valence-corrected chi connectivity index (χ1v) is 9.84. The summed E-state index contributed by atoms with van der Waals surface area (Å²) in [5.41, 5.74) is 0.509. The lowest BCUT2D eigenvalue weighted by Crippen LogP contribution is -2.65. The summed E-state index contributed by atoms with van der Waals surface area (Å²) in [6.07, 6.45) is 17.8. The molecule has 4 aliphatic rings. The molecule has 4 fully saturated rings. The Morgan fingerprint density at radius 1 is 0.857 bits per heavy atom. The maximum Gasteiger partial charge on any atom is 0.0309 e. The first-order chi connectivity index (χ1) is 10.3. The van der Waals surface area contributed by atoms with Crippen molar-refractivity contribution in [3.8, 4) is 0 Å². The number of hydrogen-bond donors (Lipinski definition) is 1. The lowest BCUT2D eigenvalue weighted by molar-refractivity contribution is 0.0171. The minimum absolute atomic E-state index is 0.509. The molecule has 0 aromatic rings. The highest BCUT2D eigenvalue weighted by molar-refractivity contribution is 5.03. The molecule has 2 nitrogen and oxygen atoms in total. The highest BCUT2D eigenvalue weighted by Gasteiger charge is 2.43. The van der Waals surface area contributed by atoms with E-state index in [2.05, 4.69) is 10.2 Å². The average molecular weight is 290 g/mol. The van der Waals surface area contributed by atoms with E-state index in [1.54, 1.807) is 0 Å². The summed E-state index contributed by atoms with van der Waals surface area (Å²) < 4.78 is 0. The molecule has 1 N–H and O–H groups in total. The predicted octanol–water partition coefficient (Wildman–Crippen LogP) is 3.95. The molecule has 0 aromatic carbocycles. The van der Waals surface area contributed by atoms with Gasteiger partial charge in [0.15, 0.2) is 0 Å². The smallest absolute Gasteiger partial charge is 0.0309 e. The van der Waals surface area contributed by atoms with Crippen LogP contribution in [0.25, 0.3) is 0 Å². The summed E-state index contributed by atoms with van der Waals surface area (Å²) in [6, 6.07) is 0.858. The minimum Gasteiger partial charge on any atom is -0.308 e. The molecule has 0 amide bonds. The van der Waals surface area contributed by atoms with Crippen LogP contribution in [0.5, 0.6) is 0 Å². The van der Waals surface area contributed by atoms with Gasteiger partial charge in [-0.2, -0.15) is 0 Å². The van der Waals surface area contributed by atoms with Crippen LogP contribution in [0.2, 0.25) is 0 Å². The Labute approximate surface area is 131 Å². The molecule has 21 heavy (non-hydrogen) atoms. The van der Waals surface area contributed by atoms with Crippen molar-refractivity contribution in [1.29, 1.82) is 0 Å². The van der Waals surface area contributed by atoms with Crippen LogP contribution < -0.4 is 5.32 Å². The highest BCUT2D eigenvalue weighted by atomic mass is 15.3. The Bertz CT molecular complexity index is 337. The van der Waals surface area contributed by atoms with Gasteiger partial charge in [-0.1, -0.05) is 38.5 Å².